The quantitative estimate of drug-likeness (QED) is 0.789. The van der Waals surface area contributed by atoms with Crippen molar-refractivity contribution < 1.29 is 14.3 Å². The minimum atomic E-state index is -0.682. The van der Waals surface area contributed by atoms with E-state index in [1.165, 1.54) is 6.33 Å². The van der Waals surface area contributed by atoms with E-state index in [4.69, 9.17) is 9.15 Å². The largest absolute Gasteiger partial charge is 0.481 e. The number of ether oxygens (including phenoxy) is 1. The number of benzene rings is 1. The van der Waals surface area contributed by atoms with Gasteiger partial charge in [-0.3, -0.25) is 0 Å². The molecule has 1 atom stereocenters. The Labute approximate surface area is 115 Å². The van der Waals surface area contributed by atoms with Gasteiger partial charge in [0.2, 0.25) is 5.88 Å². The Kier molecular flexibility index (Phi) is 3.35. The van der Waals surface area contributed by atoms with Crippen molar-refractivity contribution in [3.8, 4) is 5.88 Å². The maximum Gasteiger partial charge on any atom is 0.216 e. The highest BCUT2D eigenvalue weighted by molar-refractivity contribution is 5.81. The van der Waals surface area contributed by atoms with Gasteiger partial charge in [0.1, 0.15) is 11.9 Å². The summed E-state index contributed by atoms with van der Waals surface area (Å²) in [5, 5.41) is 11.3. The van der Waals surface area contributed by atoms with Crippen molar-refractivity contribution >= 4 is 11.0 Å². The highest BCUT2D eigenvalue weighted by Crippen LogP contribution is 2.28. The minimum absolute atomic E-state index is 0.377. The van der Waals surface area contributed by atoms with Gasteiger partial charge in [0.25, 0.3) is 0 Å². The van der Waals surface area contributed by atoms with Crippen molar-refractivity contribution in [2.75, 3.05) is 7.11 Å². The molecule has 3 rings (SSSR count). The molecule has 0 aliphatic heterocycles. The third kappa shape index (κ3) is 2.35. The molecule has 102 valence electrons. The lowest BCUT2D eigenvalue weighted by Crippen LogP contribution is -2.03. The van der Waals surface area contributed by atoms with E-state index in [0.29, 0.717) is 12.3 Å². The second kappa shape index (κ2) is 5.30. The van der Waals surface area contributed by atoms with E-state index in [2.05, 4.69) is 9.97 Å². The molecular weight excluding hydrogens is 256 g/mol. The zero-order valence-corrected chi connectivity index (χ0v) is 11.0. The third-order valence-electron chi connectivity index (χ3n) is 3.18. The van der Waals surface area contributed by atoms with Crippen LogP contribution in [0, 0.1) is 0 Å². The Morgan fingerprint density at radius 1 is 1.30 bits per heavy atom. The van der Waals surface area contributed by atoms with Crippen LogP contribution in [0.4, 0.5) is 0 Å². The van der Waals surface area contributed by atoms with Crippen molar-refractivity contribution in [2.24, 2.45) is 0 Å². The van der Waals surface area contributed by atoms with Gasteiger partial charge in [0, 0.05) is 23.4 Å². The number of methoxy groups -OCH3 is 1. The smallest absolute Gasteiger partial charge is 0.216 e. The lowest BCUT2D eigenvalue weighted by Gasteiger charge is -2.09. The van der Waals surface area contributed by atoms with Gasteiger partial charge in [-0.2, -0.15) is 0 Å². The topological polar surface area (TPSA) is 68.4 Å². The van der Waals surface area contributed by atoms with Gasteiger partial charge in [0.05, 0.1) is 25.2 Å². The van der Waals surface area contributed by atoms with Gasteiger partial charge in [-0.15, -0.1) is 0 Å². The molecule has 0 spiro atoms. The maximum absolute atomic E-state index is 10.4. The second-order valence-electron chi connectivity index (χ2n) is 4.46. The first kappa shape index (κ1) is 12.6. The van der Waals surface area contributed by atoms with Gasteiger partial charge < -0.3 is 14.3 Å². The van der Waals surface area contributed by atoms with Crippen LogP contribution >= 0.6 is 0 Å². The molecule has 5 heteroatoms. The molecule has 1 unspecified atom stereocenters. The van der Waals surface area contributed by atoms with E-state index in [-0.39, 0.29) is 0 Å². The van der Waals surface area contributed by atoms with Crippen LogP contribution in [0.15, 0.2) is 47.3 Å². The van der Waals surface area contributed by atoms with Gasteiger partial charge >= 0.3 is 0 Å². The number of fused-ring (bicyclic) bond motifs is 1. The molecule has 0 amide bonds. The Bertz CT molecular complexity index is 724. The number of aliphatic hydroxyl groups is 1. The first-order chi connectivity index (χ1) is 9.78. The van der Waals surface area contributed by atoms with Gasteiger partial charge in [-0.05, 0) is 6.07 Å². The van der Waals surface area contributed by atoms with Crippen molar-refractivity contribution in [2.45, 2.75) is 12.5 Å². The van der Waals surface area contributed by atoms with Crippen LogP contribution in [0.25, 0.3) is 11.0 Å². The van der Waals surface area contributed by atoms with E-state index in [1.807, 2.05) is 24.3 Å². The summed E-state index contributed by atoms with van der Waals surface area (Å²) >= 11 is 0. The van der Waals surface area contributed by atoms with Crippen LogP contribution in [0.5, 0.6) is 5.88 Å². The molecule has 0 saturated heterocycles. The molecule has 0 saturated carbocycles. The molecule has 0 aliphatic carbocycles. The van der Waals surface area contributed by atoms with Crippen molar-refractivity contribution in [1.82, 2.24) is 9.97 Å². The third-order valence-corrected chi connectivity index (χ3v) is 3.18. The molecule has 0 bridgehead atoms. The lowest BCUT2D eigenvalue weighted by molar-refractivity contribution is 0.177. The van der Waals surface area contributed by atoms with Crippen molar-refractivity contribution in [3.63, 3.8) is 0 Å². The second-order valence-corrected chi connectivity index (χ2v) is 4.46. The molecule has 0 aliphatic rings. The summed E-state index contributed by atoms with van der Waals surface area (Å²) in [5.41, 5.74) is 2.25. The summed E-state index contributed by atoms with van der Waals surface area (Å²) in [7, 11) is 1.55. The first-order valence-corrected chi connectivity index (χ1v) is 6.27. The van der Waals surface area contributed by atoms with E-state index < -0.39 is 6.10 Å². The summed E-state index contributed by atoms with van der Waals surface area (Å²) in [6, 6.07) is 9.34. The van der Waals surface area contributed by atoms with E-state index in [0.717, 1.165) is 22.2 Å². The fourth-order valence-electron chi connectivity index (χ4n) is 2.16. The van der Waals surface area contributed by atoms with Gasteiger partial charge in [0.15, 0.2) is 0 Å². The summed E-state index contributed by atoms with van der Waals surface area (Å²) in [5.74, 6) is 0.485. The summed E-state index contributed by atoms with van der Waals surface area (Å²) in [6.45, 7) is 0. The molecule has 1 N–H and O–H groups in total. The number of hydrogen-bond acceptors (Lipinski definition) is 5. The first-order valence-electron chi connectivity index (χ1n) is 6.27. The van der Waals surface area contributed by atoms with E-state index in [9.17, 15) is 5.11 Å². The predicted octanol–water partition coefficient (Wildman–Crippen LogP) is 2.51. The molecule has 3 aromatic rings. The molecule has 1 aromatic carbocycles. The maximum atomic E-state index is 10.4. The predicted molar refractivity (Wildman–Crippen MR) is 73.5 cm³/mol. The molecule has 0 radical (unpaired) electrons. The van der Waals surface area contributed by atoms with Crippen LogP contribution in [-0.4, -0.2) is 22.2 Å². The normalized spacial score (nSPS) is 12.5. The van der Waals surface area contributed by atoms with Crippen molar-refractivity contribution in [1.29, 1.82) is 0 Å². The zero-order chi connectivity index (χ0) is 13.9. The Morgan fingerprint density at radius 3 is 3.00 bits per heavy atom. The Balaban J connectivity index is 1.87. The zero-order valence-electron chi connectivity index (χ0n) is 11.0. The summed E-state index contributed by atoms with van der Waals surface area (Å²) in [6.07, 6.45) is 2.71. The Hall–Kier alpha value is -2.40. The lowest BCUT2D eigenvalue weighted by atomic mass is 10.0. The van der Waals surface area contributed by atoms with Crippen LogP contribution in [0.3, 0.4) is 0 Å². The fraction of sp³-hybridized carbons (Fsp3) is 0.200. The SMILES string of the molecule is COc1cc(CC(O)c2coc3ccccc23)ncn1. The van der Waals surface area contributed by atoms with Crippen LogP contribution in [-0.2, 0) is 6.42 Å². The summed E-state index contributed by atoms with van der Waals surface area (Å²) in [4.78, 5) is 8.08. The molecule has 0 fully saturated rings. The molecular formula is C15H14N2O3. The number of nitrogens with zero attached hydrogens (tertiary/aromatic N) is 2. The number of para-hydroxylation sites is 1. The van der Waals surface area contributed by atoms with Crippen LogP contribution in [0.1, 0.15) is 17.4 Å². The van der Waals surface area contributed by atoms with Crippen LogP contribution < -0.4 is 4.74 Å². The summed E-state index contributed by atoms with van der Waals surface area (Å²) < 4.78 is 10.5. The number of furan rings is 1. The van der Waals surface area contributed by atoms with E-state index in [1.54, 1.807) is 19.4 Å². The van der Waals surface area contributed by atoms with Gasteiger partial charge in [-0.1, -0.05) is 18.2 Å². The highest BCUT2D eigenvalue weighted by Gasteiger charge is 2.15. The number of hydrogen-bond donors (Lipinski definition) is 1. The number of aromatic nitrogens is 2. The molecule has 20 heavy (non-hydrogen) atoms. The van der Waals surface area contributed by atoms with E-state index >= 15 is 0 Å². The molecule has 5 nitrogen and oxygen atoms in total. The average Bonchev–Trinajstić information content (AvgIpc) is 2.91. The molecule has 2 heterocycles. The average molecular weight is 270 g/mol. The van der Waals surface area contributed by atoms with Crippen LogP contribution in [0.2, 0.25) is 0 Å². The number of aliphatic hydroxyl groups excluding tert-OH is 1. The standard InChI is InChI=1S/C15H14N2O3/c1-19-15-7-10(16-9-17-15)6-13(18)12-8-20-14-5-3-2-4-11(12)14/h2-5,7-9,13,18H,6H2,1H3. The van der Waals surface area contributed by atoms with Gasteiger partial charge in [-0.25, -0.2) is 9.97 Å². The minimum Gasteiger partial charge on any atom is -0.481 e. The Morgan fingerprint density at radius 2 is 2.15 bits per heavy atom. The highest BCUT2D eigenvalue weighted by atomic mass is 16.5. The van der Waals surface area contributed by atoms with Crippen molar-refractivity contribution in [3.05, 3.63) is 54.2 Å². The molecule has 2 aromatic heterocycles. The monoisotopic (exact) mass is 270 g/mol. The fourth-order valence-corrected chi connectivity index (χ4v) is 2.16. The number of rotatable bonds is 4.